The van der Waals surface area contributed by atoms with Crippen LogP contribution >= 0.6 is 0 Å². The fourth-order valence-corrected chi connectivity index (χ4v) is 2.59. The fourth-order valence-electron chi connectivity index (χ4n) is 2.59. The normalized spacial score (nSPS) is 12.4. The zero-order valence-corrected chi connectivity index (χ0v) is 12.9. The summed E-state index contributed by atoms with van der Waals surface area (Å²) in [5.41, 5.74) is 6.34. The minimum Gasteiger partial charge on any atom is -0.310 e. The number of likely N-dealkylation sites (N-methyl/N-ethyl adjacent to an activating group) is 1. The molecule has 1 N–H and O–H groups in total. The molecule has 0 saturated heterocycles. The number of benzene rings is 1. The van der Waals surface area contributed by atoms with Crippen LogP contribution in [0.2, 0.25) is 0 Å². The van der Waals surface area contributed by atoms with Crippen molar-refractivity contribution in [3.63, 3.8) is 0 Å². The molecule has 1 aromatic heterocycles. The predicted molar refractivity (Wildman–Crippen MR) is 85.0 cm³/mol. The molecule has 1 aromatic carbocycles. The van der Waals surface area contributed by atoms with Crippen LogP contribution in [0.4, 0.5) is 0 Å². The first-order valence-corrected chi connectivity index (χ1v) is 7.31. The summed E-state index contributed by atoms with van der Waals surface area (Å²) in [4.78, 5) is 4.53. The smallest absolute Gasteiger partial charge is 0.0422 e. The highest BCUT2D eigenvalue weighted by Crippen LogP contribution is 2.20. The van der Waals surface area contributed by atoms with Crippen LogP contribution in [0.15, 0.2) is 36.5 Å². The van der Waals surface area contributed by atoms with Crippen molar-refractivity contribution in [1.82, 2.24) is 10.3 Å². The van der Waals surface area contributed by atoms with E-state index in [2.05, 4.69) is 68.3 Å². The maximum atomic E-state index is 4.53. The van der Waals surface area contributed by atoms with Gasteiger partial charge < -0.3 is 5.32 Å². The Bertz CT molecular complexity index is 538. The van der Waals surface area contributed by atoms with Crippen molar-refractivity contribution in [2.75, 3.05) is 6.54 Å². The SMILES string of the molecule is CCNC(Cc1ccc(C)cn1)c1cc(C)cc(C)c1. The van der Waals surface area contributed by atoms with Gasteiger partial charge in [0.15, 0.2) is 0 Å². The van der Waals surface area contributed by atoms with Crippen LogP contribution in [0.25, 0.3) is 0 Å². The van der Waals surface area contributed by atoms with Gasteiger partial charge in [0.05, 0.1) is 0 Å². The standard InChI is InChI=1S/C18H24N2/c1-5-19-18(11-17-7-6-13(2)12-20-17)16-9-14(3)8-15(4)10-16/h6-10,12,18-19H,5,11H2,1-4H3. The second kappa shape index (κ2) is 6.67. The van der Waals surface area contributed by atoms with Crippen LogP contribution in [0.5, 0.6) is 0 Å². The van der Waals surface area contributed by atoms with Crippen LogP contribution in [-0.2, 0) is 6.42 Å². The van der Waals surface area contributed by atoms with Gasteiger partial charge in [-0.05, 0) is 44.5 Å². The Hall–Kier alpha value is -1.67. The van der Waals surface area contributed by atoms with Gasteiger partial charge in [-0.25, -0.2) is 0 Å². The van der Waals surface area contributed by atoms with Gasteiger partial charge >= 0.3 is 0 Å². The molecule has 0 aliphatic carbocycles. The third kappa shape index (κ3) is 3.91. The summed E-state index contributed by atoms with van der Waals surface area (Å²) < 4.78 is 0. The number of hydrogen-bond donors (Lipinski definition) is 1. The summed E-state index contributed by atoms with van der Waals surface area (Å²) >= 11 is 0. The first-order chi connectivity index (χ1) is 9.58. The first kappa shape index (κ1) is 14.7. The molecule has 2 aromatic rings. The van der Waals surface area contributed by atoms with Gasteiger partial charge in [-0.3, -0.25) is 4.98 Å². The molecule has 0 spiro atoms. The molecule has 1 heterocycles. The van der Waals surface area contributed by atoms with Crippen LogP contribution < -0.4 is 5.32 Å². The van der Waals surface area contributed by atoms with Crippen LogP contribution in [-0.4, -0.2) is 11.5 Å². The largest absolute Gasteiger partial charge is 0.310 e. The van der Waals surface area contributed by atoms with Crippen LogP contribution in [0, 0.1) is 20.8 Å². The van der Waals surface area contributed by atoms with Gasteiger partial charge in [-0.15, -0.1) is 0 Å². The van der Waals surface area contributed by atoms with E-state index in [-0.39, 0.29) is 0 Å². The summed E-state index contributed by atoms with van der Waals surface area (Å²) in [5.74, 6) is 0. The molecule has 1 atom stereocenters. The molecule has 2 rings (SSSR count). The summed E-state index contributed by atoms with van der Waals surface area (Å²) in [5, 5.41) is 3.58. The molecular formula is C18H24N2. The Morgan fingerprint density at radius 2 is 1.70 bits per heavy atom. The van der Waals surface area contributed by atoms with Gasteiger partial charge in [0.1, 0.15) is 0 Å². The van der Waals surface area contributed by atoms with Crippen LogP contribution in [0.3, 0.4) is 0 Å². The molecule has 0 amide bonds. The van der Waals surface area contributed by atoms with E-state index in [0.29, 0.717) is 6.04 Å². The maximum absolute atomic E-state index is 4.53. The summed E-state index contributed by atoms with van der Waals surface area (Å²) in [7, 11) is 0. The second-order valence-corrected chi connectivity index (χ2v) is 5.56. The zero-order valence-electron chi connectivity index (χ0n) is 12.9. The predicted octanol–water partition coefficient (Wildman–Crippen LogP) is 3.90. The minimum atomic E-state index is 0.328. The average Bonchev–Trinajstić information content (AvgIpc) is 2.39. The molecule has 2 heteroatoms. The summed E-state index contributed by atoms with van der Waals surface area (Å²) in [6, 6.07) is 11.4. The molecule has 1 unspecified atom stereocenters. The number of nitrogens with one attached hydrogen (secondary N) is 1. The van der Waals surface area contributed by atoms with Gasteiger partial charge in [-0.1, -0.05) is 42.3 Å². The Morgan fingerprint density at radius 1 is 1.00 bits per heavy atom. The first-order valence-electron chi connectivity index (χ1n) is 7.31. The van der Waals surface area contributed by atoms with E-state index in [1.165, 1.54) is 22.3 Å². The molecule has 0 aliphatic heterocycles. The lowest BCUT2D eigenvalue weighted by molar-refractivity contribution is 0.543. The molecule has 0 radical (unpaired) electrons. The highest BCUT2D eigenvalue weighted by Gasteiger charge is 2.12. The number of aryl methyl sites for hydroxylation is 3. The molecule has 20 heavy (non-hydrogen) atoms. The van der Waals surface area contributed by atoms with Gasteiger partial charge in [0.2, 0.25) is 0 Å². The quantitative estimate of drug-likeness (QED) is 0.889. The lowest BCUT2D eigenvalue weighted by Gasteiger charge is -2.19. The Labute approximate surface area is 122 Å². The maximum Gasteiger partial charge on any atom is 0.0422 e. The highest BCUT2D eigenvalue weighted by atomic mass is 14.9. The van der Waals surface area contributed by atoms with E-state index in [1.807, 2.05) is 6.20 Å². The number of rotatable bonds is 5. The Balaban J connectivity index is 2.23. The Morgan fingerprint density at radius 3 is 2.25 bits per heavy atom. The van der Waals surface area contributed by atoms with Crippen molar-refractivity contribution in [3.8, 4) is 0 Å². The van der Waals surface area contributed by atoms with Crippen LogP contribution in [0.1, 0.15) is 40.9 Å². The molecule has 0 aliphatic rings. The fraction of sp³-hybridized carbons (Fsp3) is 0.389. The second-order valence-electron chi connectivity index (χ2n) is 5.56. The van der Waals surface area contributed by atoms with Gasteiger partial charge in [-0.2, -0.15) is 0 Å². The minimum absolute atomic E-state index is 0.328. The summed E-state index contributed by atoms with van der Waals surface area (Å²) in [6.45, 7) is 9.50. The van der Waals surface area contributed by atoms with Crippen molar-refractivity contribution in [2.45, 2.75) is 40.2 Å². The third-order valence-corrected chi connectivity index (χ3v) is 3.48. The molecular weight excluding hydrogens is 244 g/mol. The molecule has 106 valence electrons. The molecule has 0 bridgehead atoms. The van der Waals surface area contributed by atoms with E-state index >= 15 is 0 Å². The van der Waals surface area contributed by atoms with Crippen molar-refractivity contribution in [3.05, 3.63) is 64.5 Å². The molecule has 0 saturated carbocycles. The van der Waals surface area contributed by atoms with E-state index in [0.717, 1.165) is 18.7 Å². The van der Waals surface area contributed by atoms with Gasteiger partial charge in [0, 0.05) is 24.4 Å². The molecule has 0 fully saturated rings. The molecule has 2 nitrogen and oxygen atoms in total. The van der Waals surface area contributed by atoms with E-state index in [4.69, 9.17) is 0 Å². The third-order valence-electron chi connectivity index (χ3n) is 3.48. The Kier molecular flexibility index (Phi) is 4.91. The van der Waals surface area contributed by atoms with E-state index in [1.54, 1.807) is 0 Å². The number of aromatic nitrogens is 1. The number of nitrogens with zero attached hydrogens (tertiary/aromatic N) is 1. The lowest BCUT2D eigenvalue weighted by Crippen LogP contribution is -2.23. The van der Waals surface area contributed by atoms with E-state index < -0.39 is 0 Å². The summed E-state index contributed by atoms with van der Waals surface area (Å²) in [6.07, 6.45) is 2.87. The number of hydrogen-bond acceptors (Lipinski definition) is 2. The van der Waals surface area contributed by atoms with Gasteiger partial charge in [0.25, 0.3) is 0 Å². The topological polar surface area (TPSA) is 24.9 Å². The zero-order chi connectivity index (χ0) is 14.5. The van der Waals surface area contributed by atoms with Crippen molar-refractivity contribution >= 4 is 0 Å². The number of pyridine rings is 1. The van der Waals surface area contributed by atoms with Crippen molar-refractivity contribution in [2.24, 2.45) is 0 Å². The van der Waals surface area contributed by atoms with Crippen molar-refractivity contribution < 1.29 is 0 Å². The highest BCUT2D eigenvalue weighted by molar-refractivity contribution is 5.31. The van der Waals surface area contributed by atoms with Crippen molar-refractivity contribution in [1.29, 1.82) is 0 Å². The lowest BCUT2D eigenvalue weighted by atomic mass is 9.97. The average molecular weight is 268 g/mol. The monoisotopic (exact) mass is 268 g/mol. The van der Waals surface area contributed by atoms with E-state index in [9.17, 15) is 0 Å².